The summed E-state index contributed by atoms with van der Waals surface area (Å²) in [5, 5.41) is 10.6. The SMILES string of the molecule is OC1CCCc2nc(-c3cccc(Cl)c3F)sc21. The molecule has 0 saturated heterocycles. The third-order valence-corrected chi connectivity index (χ3v) is 4.63. The molecule has 1 unspecified atom stereocenters. The highest BCUT2D eigenvalue weighted by molar-refractivity contribution is 7.15. The zero-order valence-corrected chi connectivity index (χ0v) is 11.1. The number of benzene rings is 1. The molecule has 0 amide bonds. The number of hydrogen-bond acceptors (Lipinski definition) is 3. The summed E-state index contributed by atoms with van der Waals surface area (Å²) in [6, 6.07) is 4.89. The standard InChI is InChI=1S/C13H11ClFNOS/c14-8-4-1-3-7(11(8)15)13-16-9-5-2-6-10(17)12(9)18-13/h1,3-4,10,17H,2,5-6H2. The number of halogens is 2. The number of fused-ring (bicyclic) bond motifs is 1. The summed E-state index contributed by atoms with van der Waals surface area (Å²) in [5.74, 6) is -0.445. The number of aliphatic hydroxyl groups excluding tert-OH is 1. The number of aliphatic hydroxyl groups is 1. The van der Waals surface area contributed by atoms with Crippen molar-refractivity contribution in [1.82, 2.24) is 4.98 Å². The maximum atomic E-state index is 13.9. The fraction of sp³-hybridized carbons (Fsp3) is 0.308. The van der Waals surface area contributed by atoms with Gasteiger partial charge in [-0.3, -0.25) is 0 Å². The monoisotopic (exact) mass is 283 g/mol. The van der Waals surface area contributed by atoms with Crippen LogP contribution in [-0.4, -0.2) is 10.1 Å². The van der Waals surface area contributed by atoms with E-state index in [9.17, 15) is 9.50 Å². The van der Waals surface area contributed by atoms with Crippen LogP contribution in [0.1, 0.15) is 29.5 Å². The highest BCUT2D eigenvalue weighted by atomic mass is 35.5. The second kappa shape index (κ2) is 4.61. The predicted octanol–water partition coefficient (Wildman–Crippen LogP) is 3.97. The van der Waals surface area contributed by atoms with Crippen LogP contribution < -0.4 is 0 Å². The van der Waals surface area contributed by atoms with Gasteiger partial charge in [0.15, 0.2) is 5.82 Å². The maximum absolute atomic E-state index is 13.9. The van der Waals surface area contributed by atoms with Crippen LogP contribution in [0.4, 0.5) is 4.39 Å². The van der Waals surface area contributed by atoms with E-state index in [1.54, 1.807) is 12.1 Å². The molecule has 1 N–H and O–H groups in total. The number of hydrogen-bond donors (Lipinski definition) is 1. The Kier molecular flexibility index (Phi) is 3.09. The first-order chi connectivity index (χ1) is 8.66. The van der Waals surface area contributed by atoms with Crippen molar-refractivity contribution >= 4 is 22.9 Å². The van der Waals surface area contributed by atoms with Crippen molar-refractivity contribution in [3.8, 4) is 10.6 Å². The molecule has 0 bridgehead atoms. The maximum Gasteiger partial charge on any atom is 0.152 e. The quantitative estimate of drug-likeness (QED) is 0.859. The lowest BCUT2D eigenvalue weighted by Crippen LogP contribution is -2.06. The van der Waals surface area contributed by atoms with Gasteiger partial charge in [-0.2, -0.15) is 0 Å². The number of aryl methyl sites for hydroxylation is 1. The van der Waals surface area contributed by atoms with Crippen molar-refractivity contribution in [1.29, 1.82) is 0 Å². The number of rotatable bonds is 1. The smallest absolute Gasteiger partial charge is 0.152 e. The molecule has 1 aliphatic rings. The fourth-order valence-corrected chi connectivity index (χ4v) is 3.51. The Labute approximate surface area is 113 Å². The molecule has 0 fully saturated rings. The van der Waals surface area contributed by atoms with E-state index in [1.165, 1.54) is 17.4 Å². The van der Waals surface area contributed by atoms with Crippen LogP contribution in [0.5, 0.6) is 0 Å². The Bertz CT molecular complexity index is 599. The minimum Gasteiger partial charge on any atom is -0.388 e. The molecular formula is C13H11ClFNOS. The summed E-state index contributed by atoms with van der Waals surface area (Å²) < 4.78 is 13.9. The number of aromatic nitrogens is 1. The van der Waals surface area contributed by atoms with Gasteiger partial charge in [0.05, 0.1) is 21.7 Å². The Hall–Kier alpha value is -0.970. The van der Waals surface area contributed by atoms with E-state index >= 15 is 0 Å². The molecule has 18 heavy (non-hydrogen) atoms. The average Bonchev–Trinajstić information content (AvgIpc) is 2.78. The molecule has 2 nitrogen and oxygen atoms in total. The molecule has 0 aliphatic heterocycles. The summed E-state index contributed by atoms with van der Waals surface area (Å²) in [4.78, 5) is 5.30. The van der Waals surface area contributed by atoms with Gasteiger partial charge in [-0.25, -0.2) is 9.37 Å². The molecular weight excluding hydrogens is 273 g/mol. The molecule has 3 rings (SSSR count). The summed E-state index contributed by atoms with van der Waals surface area (Å²) in [6.07, 6.45) is 2.08. The summed E-state index contributed by atoms with van der Waals surface area (Å²) in [6.45, 7) is 0. The molecule has 0 saturated carbocycles. The Morgan fingerprint density at radius 2 is 2.28 bits per heavy atom. The van der Waals surface area contributed by atoms with Crippen molar-refractivity contribution < 1.29 is 9.50 Å². The first kappa shape index (κ1) is 12.1. The zero-order chi connectivity index (χ0) is 12.7. The van der Waals surface area contributed by atoms with Gasteiger partial charge in [-0.1, -0.05) is 17.7 Å². The van der Waals surface area contributed by atoms with Gasteiger partial charge in [-0.15, -0.1) is 11.3 Å². The molecule has 1 atom stereocenters. The van der Waals surface area contributed by atoms with Crippen LogP contribution >= 0.6 is 22.9 Å². The lowest BCUT2D eigenvalue weighted by Gasteiger charge is -2.14. The van der Waals surface area contributed by atoms with Gasteiger partial charge >= 0.3 is 0 Å². The van der Waals surface area contributed by atoms with Gasteiger partial charge in [0.25, 0.3) is 0 Å². The minimum absolute atomic E-state index is 0.0984. The third-order valence-electron chi connectivity index (χ3n) is 3.10. The van der Waals surface area contributed by atoms with Crippen LogP contribution in [0.15, 0.2) is 18.2 Å². The Morgan fingerprint density at radius 1 is 1.44 bits per heavy atom. The highest BCUT2D eigenvalue weighted by Crippen LogP contribution is 2.39. The second-order valence-electron chi connectivity index (χ2n) is 4.34. The van der Waals surface area contributed by atoms with Crippen molar-refractivity contribution in [3.05, 3.63) is 39.6 Å². The number of nitrogens with zero attached hydrogens (tertiary/aromatic N) is 1. The van der Waals surface area contributed by atoms with Gasteiger partial charge in [0.2, 0.25) is 0 Å². The molecule has 94 valence electrons. The average molecular weight is 284 g/mol. The molecule has 1 aliphatic carbocycles. The Morgan fingerprint density at radius 3 is 3.06 bits per heavy atom. The Balaban J connectivity index is 2.10. The number of thiazole rings is 1. The van der Waals surface area contributed by atoms with Crippen LogP contribution in [0.3, 0.4) is 0 Å². The van der Waals surface area contributed by atoms with Crippen LogP contribution in [0, 0.1) is 5.82 Å². The summed E-state index contributed by atoms with van der Waals surface area (Å²) >= 11 is 7.13. The van der Waals surface area contributed by atoms with Crippen molar-refractivity contribution in [2.75, 3.05) is 0 Å². The van der Waals surface area contributed by atoms with Gasteiger partial charge in [-0.05, 0) is 31.4 Å². The first-order valence-electron chi connectivity index (χ1n) is 5.79. The molecule has 0 spiro atoms. The lowest BCUT2D eigenvalue weighted by molar-refractivity contribution is 0.160. The molecule has 0 radical (unpaired) electrons. The topological polar surface area (TPSA) is 33.1 Å². The molecule has 2 aromatic rings. The molecule has 1 heterocycles. The van der Waals surface area contributed by atoms with Gasteiger partial charge in [0.1, 0.15) is 5.01 Å². The van der Waals surface area contributed by atoms with Crippen LogP contribution in [-0.2, 0) is 6.42 Å². The largest absolute Gasteiger partial charge is 0.388 e. The van der Waals surface area contributed by atoms with Crippen molar-refractivity contribution in [3.63, 3.8) is 0 Å². The second-order valence-corrected chi connectivity index (χ2v) is 5.78. The minimum atomic E-state index is -0.456. The van der Waals surface area contributed by atoms with Crippen molar-refractivity contribution in [2.45, 2.75) is 25.4 Å². The highest BCUT2D eigenvalue weighted by Gasteiger charge is 2.24. The normalized spacial score (nSPS) is 18.7. The van der Waals surface area contributed by atoms with Gasteiger partial charge in [0, 0.05) is 5.56 Å². The summed E-state index contributed by atoms with van der Waals surface area (Å²) in [5.41, 5.74) is 1.31. The van der Waals surface area contributed by atoms with E-state index in [-0.39, 0.29) is 5.02 Å². The van der Waals surface area contributed by atoms with Gasteiger partial charge < -0.3 is 5.11 Å². The van der Waals surface area contributed by atoms with E-state index in [0.717, 1.165) is 29.8 Å². The third kappa shape index (κ3) is 1.94. The molecule has 1 aromatic carbocycles. The van der Waals surface area contributed by atoms with E-state index in [2.05, 4.69) is 4.98 Å². The van der Waals surface area contributed by atoms with Crippen molar-refractivity contribution in [2.24, 2.45) is 0 Å². The van der Waals surface area contributed by atoms with E-state index in [0.29, 0.717) is 10.6 Å². The summed E-state index contributed by atoms with van der Waals surface area (Å²) in [7, 11) is 0. The molecule has 5 heteroatoms. The van der Waals surface area contributed by atoms with Crippen LogP contribution in [0.25, 0.3) is 10.6 Å². The molecule has 1 aromatic heterocycles. The van der Waals surface area contributed by atoms with E-state index in [4.69, 9.17) is 11.6 Å². The fourth-order valence-electron chi connectivity index (χ4n) is 2.18. The zero-order valence-electron chi connectivity index (χ0n) is 9.49. The van der Waals surface area contributed by atoms with Crippen LogP contribution in [0.2, 0.25) is 5.02 Å². The first-order valence-corrected chi connectivity index (χ1v) is 6.98. The predicted molar refractivity (Wildman–Crippen MR) is 70.4 cm³/mol. The lowest BCUT2D eigenvalue weighted by atomic mass is 10.0. The van der Waals surface area contributed by atoms with E-state index < -0.39 is 11.9 Å². The van der Waals surface area contributed by atoms with E-state index in [1.807, 2.05) is 0 Å².